The summed E-state index contributed by atoms with van der Waals surface area (Å²) in [4.78, 5) is 11.5. The lowest BCUT2D eigenvalue weighted by molar-refractivity contribution is -0.138. The van der Waals surface area contributed by atoms with Gasteiger partial charge in [-0.2, -0.15) is 13.2 Å². The van der Waals surface area contributed by atoms with Crippen molar-refractivity contribution in [1.82, 2.24) is 0 Å². The average molecular weight is 291 g/mol. The van der Waals surface area contributed by atoms with Gasteiger partial charge in [0.05, 0.1) is 11.3 Å². The number of carbonyl (C=O) groups excluding carboxylic acids is 1. The number of amides is 1. The summed E-state index contributed by atoms with van der Waals surface area (Å²) >= 11 is 0. The van der Waals surface area contributed by atoms with Crippen LogP contribution >= 0.6 is 0 Å². The predicted molar refractivity (Wildman–Crippen MR) is 67.7 cm³/mol. The molecule has 7 heteroatoms. The lowest BCUT2D eigenvalue weighted by atomic mass is 10.1. The van der Waals surface area contributed by atoms with Gasteiger partial charge in [-0.1, -0.05) is 0 Å². The molecular formula is C13H16F3NO3. The molecule has 4 nitrogen and oxygen atoms in total. The van der Waals surface area contributed by atoms with Crippen LogP contribution in [0.15, 0.2) is 12.1 Å². The molecule has 0 heterocycles. The summed E-state index contributed by atoms with van der Waals surface area (Å²) in [5, 5.41) is 11.7. The normalized spacial score (nSPS) is 12.2. The van der Waals surface area contributed by atoms with Crippen LogP contribution in [0.25, 0.3) is 0 Å². The zero-order valence-electron chi connectivity index (χ0n) is 11.6. The summed E-state index contributed by atoms with van der Waals surface area (Å²) in [6.07, 6.45) is -5.51. The van der Waals surface area contributed by atoms with Crippen molar-refractivity contribution in [2.45, 2.75) is 39.5 Å². The van der Waals surface area contributed by atoms with Gasteiger partial charge in [-0.25, -0.2) is 4.79 Å². The Hall–Kier alpha value is -1.92. The first kappa shape index (κ1) is 16.1. The molecule has 0 atom stereocenters. The molecule has 0 radical (unpaired) electrons. The molecule has 0 bridgehead atoms. The number of phenols is 1. The topological polar surface area (TPSA) is 58.6 Å². The van der Waals surface area contributed by atoms with Crippen molar-refractivity contribution in [2.75, 3.05) is 5.32 Å². The van der Waals surface area contributed by atoms with Gasteiger partial charge in [-0.15, -0.1) is 0 Å². The van der Waals surface area contributed by atoms with Crippen LogP contribution in [-0.4, -0.2) is 16.8 Å². The highest BCUT2D eigenvalue weighted by Crippen LogP contribution is 2.37. The Labute approximate surface area is 114 Å². The molecule has 0 aromatic heterocycles. The summed E-state index contributed by atoms with van der Waals surface area (Å²) in [6, 6.07) is 1.62. The third-order valence-electron chi connectivity index (χ3n) is 2.28. The number of halogens is 3. The summed E-state index contributed by atoms with van der Waals surface area (Å²) in [5.74, 6) is -0.457. The van der Waals surface area contributed by atoms with Crippen LogP contribution < -0.4 is 5.32 Å². The van der Waals surface area contributed by atoms with Crippen LogP contribution in [0.3, 0.4) is 0 Å². The van der Waals surface area contributed by atoms with E-state index >= 15 is 0 Å². The third kappa shape index (κ3) is 4.32. The molecule has 0 fully saturated rings. The molecular weight excluding hydrogens is 275 g/mol. The number of aromatic hydroxyl groups is 1. The minimum atomic E-state index is -4.57. The standard InChI is InChI=1S/C13H16F3NO3/c1-7-5-10(18)9(6-8(7)13(14,15)16)17-11(19)20-12(2,3)4/h5-6,18H,1-4H3,(H,17,19). The number of nitrogens with one attached hydrogen (secondary N) is 1. The van der Waals surface area contributed by atoms with Crippen molar-refractivity contribution in [3.05, 3.63) is 23.3 Å². The Balaban J connectivity index is 3.05. The Morgan fingerprint density at radius 1 is 1.25 bits per heavy atom. The van der Waals surface area contributed by atoms with Crippen LogP contribution in [0.4, 0.5) is 23.7 Å². The quantitative estimate of drug-likeness (QED) is 0.767. The fourth-order valence-electron chi connectivity index (χ4n) is 1.51. The number of rotatable bonds is 1. The zero-order chi connectivity index (χ0) is 15.7. The lowest BCUT2D eigenvalue weighted by Gasteiger charge is -2.20. The smallest absolute Gasteiger partial charge is 0.416 e. The van der Waals surface area contributed by atoms with Crippen LogP contribution in [0.1, 0.15) is 31.9 Å². The fraction of sp³-hybridized carbons (Fsp3) is 0.462. The van der Waals surface area contributed by atoms with Gasteiger partial charge in [-0.3, -0.25) is 5.32 Å². The minimum absolute atomic E-state index is 0.135. The first-order valence-corrected chi connectivity index (χ1v) is 5.81. The summed E-state index contributed by atoms with van der Waals surface area (Å²) in [7, 11) is 0. The van der Waals surface area contributed by atoms with E-state index in [0.717, 1.165) is 6.07 Å². The van der Waals surface area contributed by atoms with Crippen molar-refractivity contribution in [3.8, 4) is 5.75 Å². The second kappa shape index (κ2) is 5.22. The molecule has 1 amide bonds. The van der Waals surface area contributed by atoms with Crippen molar-refractivity contribution in [2.24, 2.45) is 0 Å². The molecule has 20 heavy (non-hydrogen) atoms. The Kier molecular flexibility index (Phi) is 4.21. The number of carbonyl (C=O) groups is 1. The molecule has 0 aliphatic rings. The monoisotopic (exact) mass is 291 g/mol. The summed E-state index contributed by atoms with van der Waals surface area (Å²) in [5.41, 5.74) is -2.21. The van der Waals surface area contributed by atoms with Gasteiger partial charge < -0.3 is 9.84 Å². The largest absolute Gasteiger partial charge is 0.506 e. The number of hydrogen-bond donors (Lipinski definition) is 2. The summed E-state index contributed by atoms with van der Waals surface area (Å²) in [6.45, 7) is 6.06. The Morgan fingerprint density at radius 2 is 1.80 bits per heavy atom. The molecule has 2 N–H and O–H groups in total. The van der Waals surface area contributed by atoms with E-state index in [1.54, 1.807) is 20.8 Å². The van der Waals surface area contributed by atoms with Crippen molar-refractivity contribution < 1.29 is 27.8 Å². The Morgan fingerprint density at radius 3 is 2.25 bits per heavy atom. The third-order valence-corrected chi connectivity index (χ3v) is 2.28. The minimum Gasteiger partial charge on any atom is -0.506 e. The average Bonchev–Trinajstić information content (AvgIpc) is 2.17. The van der Waals surface area contributed by atoms with Crippen molar-refractivity contribution >= 4 is 11.8 Å². The van der Waals surface area contributed by atoms with E-state index in [1.165, 1.54) is 6.92 Å². The van der Waals surface area contributed by atoms with E-state index in [9.17, 15) is 23.1 Å². The number of alkyl halides is 3. The van der Waals surface area contributed by atoms with Gasteiger partial charge in [0.1, 0.15) is 11.4 Å². The van der Waals surface area contributed by atoms with Crippen LogP contribution in [0.5, 0.6) is 5.75 Å². The fourth-order valence-corrected chi connectivity index (χ4v) is 1.51. The zero-order valence-corrected chi connectivity index (χ0v) is 11.6. The molecule has 0 aliphatic carbocycles. The SMILES string of the molecule is Cc1cc(O)c(NC(=O)OC(C)(C)C)cc1C(F)(F)F. The highest BCUT2D eigenvalue weighted by atomic mass is 19.4. The maximum absolute atomic E-state index is 12.7. The second-order valence-electron chi connectivity index (χ2n) is 5.31. The van der Waals surface area contributed by atoms with Gasteiger partial charge in [-0.05, 0) is 45.4 Å². The number of phenolic OH excluding ortho intramolecular Hbond substituents is 1. The Bertz CT molecular complexity index is 519. The maximum Gasteiger partial charge on any atom is 0.416 e. The molecule has 0 spiro atoms. The van der Waals surface area contributed by atoms with E-state index in [1.807, 2.05) is 0 Å². The van der Waals surface area contributed by atoms with E-state index in [-0.39, 0.29) is 11.3 Å². The molecule has 112 valence electrons. The number of hydrogen-bond acceptors (Lipinski definition) is 3. The predicted octanol–water partition coefficient (Wildman–Crippen LogP) is 4.07. The van der Waals surface area contributed by atoms with Gasteiger partial charge in [0.15, 0.2) is 0 Å². The van der Waals surface area contributed by atoms with Gasteiger partial charge in [0.2, 0.25) is 0 Å². The molecule has 0 unspecified atom stereocenters. The van der Waals surface area contributed by atoms with Crippen LogP contribution in [0.2, 0.25) is 0 Å². The van der Waals surface area contributed by atoms with Crippen LogP contribution in [0, 0.1) is 6.92 Å². The highest BCUT2D eigenvalue weighted by Gasteiger charge is 2.33. The van der Waals surface area contributed by atoms with E-state index in [0.29, 0.717) is 6.07 Å². The molecule has 0 saturated heterocycles. The molecule has 1 aromatic rings. The van der Waals surface area contributed by atoms with Gasteiger partial charge in [0, 0.05) is 0 Å². The van der Waals surface area contributed by atoms with Gasteiger partial charge >= 0.3 is 12.3 Å². The summed E-state index contributed by atoms with van der Waals surface area (Å²) < 4.78 is 43.1. The van der Waals surface area contributed by atoms with E-state index < -0.39 is 29.2 Å². The van der Waals surface area contributed by atoms with Crippen molar-refractivity contribution in [1.29, 1.82) is 0 Å². The van der Waals surface area contributed by atoms with Crippen molar-refractivity contribution in [3.63, 3.8) is 0 Å². The molecule has 1 aromatic carbocycles. The van der Waals surface area contributed by atoms with E-state index in [4.69, 9.17) is 4.74 Å². The number of ether oxygens (including phenoxy) is 1. The second-order valence-corrected chi connectivity index (χ2v) is 5.31. The number of anilines is 1. The lowest BCUT2D eigenvalue weighted by Crippen LogP contribution is -2.27. The first-order valence-electron chi connectivity index (χ1n) is 5.81. The van der Waals surface area contributed by atoms with Crippen LogP contribution in [-0.2, 0) is 10.9 Å². The maximum atomic E-state index is 12.7. The first-order chi connectivity index (χ1) is 8.90. The van der Waals surface area contributed by atoms with E-state index in [2.05, 4.69) is 5.32 Å². The number of benzene rings is 1. The van der Waals surface area contributed by atoms with Gasteiger partial charge in [0.25, 0.3) is 0 Å². The number of aryl methyl sites for hydroxylation is 1. The molecule has 1 rings (SSSR count). The highest BCUT2D eigenvalue weighted by molar-refractivity contribution is 5.87. The molecule has 0 aliphatic heterocycles. The molecule has 0 saturated carbocycles.